The van der Waals surface area contributed by atoms with Crippen LogP contribution in [0.25, 0.3) is 0 Å². The van der Waals surface area contributed by atoms with E-state index < -0.39 is 5.91 Å². The lowest BCUT2D eigenvalue weighted by atomic mass is 10.1. The normalized spacial score (nSPS) is 9.71. The number of nitrogens with zero attached hydrogens (tertiary/aromatic N) is 1. The standard InChI is InChI=1S/C12H13NO4/c1-3-7-17-8-10-9(12(14)13-15)5-4-6-11(10)16-2/h3-6H,1,7-8H2,2H3. The van der Waals surface area contributed by atoms with Gasteiger partial charge in [-0.2, -0.15) is 0 Å². The molecular weight excluding hydrogens is 222 g/mol. The van der Waals surface area contributed by atoms with Gasteiger partial charge in [0.05, 0.1) is 25.9 Å². The van der Waals surface area contributed by atoms with E-state index in [0.717, 1.165) is 0 Å². The van der Waals surface area contributed by atoms with Crippen molar-refractivity contribution in [3.63, 3.8) is 0 Å². The maximum atomic E-state index is 11.3. The van der Waals surface area contributed by atoms with Crippen LogP contribution in [0.2, 0.25) is 0 Å². The summed E-state index contributed by atoms with van der Waals surface area (Å²) in [5.74, 6) is -0.343. The van der Waals surface area contributed by atoms with E-state index in [2.05, 4.69) is 11.8 Å². The molecule has 0 bridgehead atoms. The maximum absolute atomic E-state index is 11.3. The van der Waals surface area contributed by atoms with Crippen molar-refractivity contribution >= 4 is 5.91 Å². The molecule has 0 aliphatic carbocycles. The van der Waals surface area contributed by atoms with Crippen molar-refractivity contribution in [3.8, 4) is 5.75 Å². The average Bonchev–Trinajstić information content (AvgIpc) is 2.38. The van der Waals surface area contributed by atoms with Gasteiger partial charge in [-0.15, -0.1) is 11.5 Å². The first kappa shape index (κ1) is 13.1. The SMILES string of the molecule is C=CCOCc1c(OC)cccc1C(=O)N=O. The van der Waals surface area contributed by atoms with Crippen LogP contribution in [0.5, 0.6) is 5.75 Å². The number of hydrogen-bond acceptors (Lipinski definition) is 4. The van der Waals surface area contributed by atoms with E-state index in [0.29, 0.717) is 17.9 Å². The zero-order chi connectivity index (χ0) is 12.7. The van der Waals surface area contributed by atoms with Gasteiger partial charge in [0.1, 0.15) is 5.75 Å². The predicted molar refractivity (Wildman–Crippen MR) is 63.0 cm³/mol. The van der Waals surface area contributed by atoms with E-state index in [4.69, 9.17) is 9.47 Å². The number of benzene rings is 1. The van der Waals surface area contributed by atoms with Crippen LogP contribution in [-0.2, 0) is 11.3 Å². The van der Waals surface area contributed by atoms with Gasteiger partial charge in [0.25, 0.3) is 0 Å². The van der Waals surface area contributed by atoms with Crippen LogP contribution in [0.15, 0.2) is 36.0 Å². The molecule has 0 saturated carbocycles. The molecule has 0 heterocycles. The third-order valence-corrected chi connectivity index (χ3v) is 2.15. The maximum Gasteiger partial charge on any atom is 0.317 e. The molecule has 0 fully saturated rings. The number of amides is 1. The van der Waals surface area contributed by atoms with Crippen LogP contribution in [0.1, 0.15) is 15.9 Å². The molecule has 0 radical (unpaired) electrons. The number of nitroso groups, excluding NO2 is 1. The fraction of sp³-hybridized carbons (Fsp3) is 0.250. The molecule has 0 aliphatic rings. The van der Waals surface area contributed by atoms with Gasteiger partial charge in [-0.25, -0.2) is 0 Å². The average molecular weight is 235 g/mol. The number of carbonyl (C=O) groups excluding carboxylic acids is 1. The fourth-order valence-electron chi connectivity index (χ4n) is 1.40. The Bertz CT molecular complexity index is 429. The van der Waals surface area contributed by atoms with Crippen molar-refractivity contribution in [2.75, 3.05) is 13.7 Å². The van der Waals surface area contributed by atoms with Crippen molar-refractivity contribution in [2.45, 2.75) is 6.61 Å². The Balaban J connectivity index is 3.06. The lowest BCUT2D eigenvalue weighted by molar-refractivity contribution is 0.0991. The van der Waals surface area contributed by atoms with Crippen LogP contribution < -0.4 is 4.74 Å². The highest BCUT2D eigenvalue weighted by Crippen LogP contribution is 2.23. The summed E-state index contributed by atoms with van der Waals surface area (Å²) >= 11 is 0. The van der Waals surface area contributed by atoms with E-state index >= 15 is 0 Å². The second kappa shape index (κ2) is 6.55. The van der Waals surface area contributed by atoms with Gasteiger partial charge < -0.3 is 9.47 Å². The summed E-state index contributed by atoms with van der Waals surface area (Å²) in [6, 6.07) is 4.82. The highest BCUT2D eigenvalue weighted by atomic mass is 16.5. The molecule has 1 rings (SSSR count). The largest absolute Gasteiger partial charge is 0.496 e. The topological polar surface area (TPSA) is 65.0 Å². The van der Waals surface area contributed by atoms with Crippen molar-refractivity contribution < 1.29 is 14.3 Å². The van der Waals surface area contributed by atoms with Gasteiger partial charge in [0.15, 0.2) is 0 Å². The minimum atomic E-state index is -0.832. The van der Waals surface area contributed by atoms with Crippen LogP contribution in [0.4, 0.5) is 0 Å². The molecule has 0 aliphatic heterocycles. The van der Waals surface area contributed by atoms with Gasteiger partial charge in [0, 0.05) is 10.7 Å². The monoisotopic (exact) mass is 235 g/mol. The molecule has 5 heteroatoms. The highest BCUT2D eigenvalue weighted by Gasteiger charge is 2.15. The molecule has 0 atom stereocenters. The number of rotatable bonds is 6. The van der Waals surface area contributed by atoms with E-state index in [9.17, 15) is 9.70 Å². The third-order valence-electron chi connectivity index (χ3n) is 2.15. The highest BCUT2D eigenvalue weighted by molar-refractivity contribution is 5.96. The van der Waals surface area contributed by atoms with Crippen molar-refractivity contribution in [3.05, 3.63) is 46.9 Å². The second-order valence-corrected chi connectivity index (χ2v) is 3.19. The second-order valence-electron chi connectivity index (χ2n) is 3.19. The lowest BCUT2D eigenvalue weighted by Crippen LogP contribution is -2.05. The Kier molecular flexibility index (Phi) is 5.03. The first-order chi connectivity index (χ1) is 8.24. The summed E-state index contributed by atoms with van der Waals surface area (Å²) < 4.78 is 10.4. The van der Waals surface area contributed by atoms with Crippen LogP contribution in [-0.4, -0.2) is 19.6 Å². The summed E-state index contributed by atoms with van der Waals surface area (Å²) in [5.41, 5.74) is 0.713. The van der Waals surface area contributed by atoms with Gasteiger partial charge in [0.2, 0.25) is 0 Å². The van der Waals surface area contributed by atoms with E-state index in [1.807, 2.05) is 0 Å². The number of methoxy groups -OCH3 is 1. The van der Waals surface area contributed by atoms with Gasteiger partial charge in [-0.1, -0.05) is 12.1 Å². The van der Waals surface area contributed by atoms with Gasteiger partial charge >= 0.3 is 5.91 Å². The van der Waals surface area contributed by atoms with E-state index in [1.165, 1.54) is 13.2 Å². The number of hydrogen-bond donors (Lipinski definition) is 0. The predicted octanol–water partition coefficient (Wildman–Crippen LogP) is 2.30. The molecule has 0 unspecified atom stereocenters. The van der Waals surface area contributed by atoms with E-state index in [-0.39, 0.29) is 12.2 Å². The first-order valence-corrected chi connectivity index (χ1v) is 4.96. The summed E-state index contributed by atoms with van der Waals surface area (Å²) in [7, 11) is 1.48. The Morgan fingerprint density at radius 3 is 2.88 bits per heavy atom. The Hall–Kier alpha value is -2.01. The van der Waals surface area contributed by atoms with E-state index in [1.54, 1.807) is 18.2 Å². The van der Waals surface area contributed by atoms with Crippen molar-refractivity contribution in [2.24, 2.45) is 5.18 Å². The fourth-order valence-corrected chi connectivity index (χ4v) is 1.40. The molecule has 1 aromatic rings. The Morgan fingerprint density at radius 1 is 1.53 bits per heavy atom. The lowest BCUT2D eigenvalue weighted by Gasteiger charge is -2.11. The number of carbonyl (C=O) groups is 1. The summed E-state index contributed by atoms with van der Waals surface area (Å²) in [6.45, 7) is 4.02. The van der Waals surface area contributed by atoms with Gasteiger partial charge in [-0.3, -0.25) is 4.79 Å². The number of ether oxygens (including phenoxy) is 2. The van der Waals surface area contributed by atoms with Crippen LogP contribution in [0.3, 0.4) is 0 Å². The molecule has 1 aromatic carbocycles. The minimum absolute atomic E-state index is 0.159. The summed E-state index contributed by atoms with van der Waals surface area (Å²) in [5, 5.41) is 2.40. The van der Waals surface area contributed by atoms with Crippen LogP contribution >= 0.6 is 0 Å². The zero-order valence-electron chi connectivity index (χ0n) is 9.51. The third kappa shape index (κ3) is 3.22. The molecule has 0 aromatic heterocycles. The van der Waals surface area contributed by atoms with Crippen LogP contribution in [0, 0.1) is 4.91 Å². The molecule has 0 N–H and O–H groups in total. The Morgan fingerprint density at radius 2 is 2.29 bits per heavy atom. The molecule has 1 amide bonds. The van der Waals surface area contributed by atoms with Crippen molar-refractivity contribution in [1.29, 1.82) is 0 Å². The summed E-state index contributed by atoms with van der Waals surface area (Å²) in [6.07, 6.45) is 1.59. The molecule has 5 nitrogen and oxygen atoms in total. The quantitative estimate of drug-likeness (QED) is 0.431. The molecular formula is C12H13NO4. The zero-order valence-corrected chi connectivity index (χ0v) is 9.51. The van der Waals surface area contributed by atoms with Gasteiger partial charge in [-0.05, 0) is 12.1 Å². The molecule has 0 spiro atoms. The molecule has 0 saturated heterocycles. The Labute approximate surface area is 99.0 Å². The first-order valence-electron chi connectivity index (χ1n) is 4.96. The molecule has 90 valence electrons. The summed E-state index contributed by atoms with van der Waals surface area (Å²) in [4.78, 5) is 21.6. The molecule has 17 heavy (non-hydrogen) atoms. The smallest absolute Gasteiger partial charge is 0.317 e. The minimum Gasteiger partial charge on any atom is -0.496 e. The van der Waals surface area contributed by atoms with Crippen molar-refractivity contribution in [1.82, 2.24) is 0 Å².